The van der Waals surface area contributed by atoms with Crippen LogP contribution in [0.5, 0.6) is 5.75 Å². The number of amides is 3. The van der Waals surface area contributed by atoms with Crippen molar-refractivity contribution < 1.29 is 19.1 Å². The molecular formula is C17H17BrN4O4. The molecule has 0 aliphatic carbocycles. The lowest BCUT2D eigenvalue weighted by molar-refractivity contribution is -0.123. The summed E-state index contributed by atoms with van der Waals surface area (Å²) >= 11 is 3.28. The minimum atomic E-state index is -0.488. The second-order valence-corrected chi connectivity index (χ2v) is 6.73. The van der Waals surface area contributed by atoms with Crippen LogP contribution in [0.1, 0.15) is 22.5 Å². The summed E-state index contributed by atoms with van der Waals surface area (Å²) < 4.78 is 7.84. The standard InChI is InChI=1S/C17H17BrN4O4/c1-22-8-11(18)7-14(22)17(25)21-20-16(24)9-26-12-3-4-13-10(6-12)2-5-15(23)19-13/h3-4,6-8H,2,5,9H2,1H3,(H,19,23)(H,20,24)(H,21,25). The third kappa shape index (κ3) is 4.23. The monoisotopic (exact) mass is 420 g/mol. The number of halogens is 1. The lowest BCUT2D eigenvalue weighted by Gasteiger charge is -2.17. The van der Waals surface area contributed by atoms with Crippen LogP contribution in [0.4, 0.5) is 5.69 Å². The van der Waals surface area contributed by atoms with Crippen molar-refractivity contribution in [1.82, 2.24) is 15.4 Å². The molecule has 8 nitrogen and oxygen atoms in total. The van der Waals surface area contributed by atoms with Crippen molar-refractivity contribution in [2.75, 3.05) is 11.9 Å². The van der Waals surface area contributed by atoms with Gasteiger partial charge in [0.1, 0.15) is 11.4 Å². The summed E-state index contributed by atoms with van der Waals surface area (Å²) in [5, 5.41) is 2.78. The maximum atomic E-state index is 12.0. The summed E-state index contributed by atoms with van der Waals surface area (Å²) in [4.78, 5) is 35.2. The highest BCUT2D eigenvalue weighted by molar-refractivity contribution is 9.10. The third-order valence-corrected chi connectivity index (χ3v) is 4.30. The Morgan fingerprint density at radius 2 is 2.08 bits per heavy atom. The van der Waals surface area contributed by atoms with Crippen molar-refractivity contribution in [1.29, 1.82) is 0 Å². The number of benzene rings is 1. The van der Waals surface area contributed by atoms with Gasteiger partial charge in [-0.05, 0) is 52.2 Å². The van der Waals surface area contributed by atoms with Gasteiger partial charge in [-0.25, -0.2) is 0 Å². The average molecular weight is 421 g/mol. The molecule has 3 amide bonds. The quantitative estimate of drug-likeness (QED) is 0.652. The number of hydrazine groups is 1. The number of carbonyl (C=O) groups excluding carboxylic acids is 3. The first-order chi connectivity index (χ1) is 12.4. The van der Waals surface area contributed by atoms with Crippen molar-refractivity contribution in [3.05, 3.63) is 46.2 Å². The molecule has 0 saturated carbocycles. The molecule has 1 aromatic heterocycles. The molecule has 0 bridgehead atoms. The number of rotatable bonds is 4. The molecular weight excluding hydrogens is 404 g/mol. The molecule has 0 spiro atoms. The number of ether oxygens (including phenoxy) is 1. The molecule has 9 heteroatoms. The lowest BCUT2D eigenvalue weighted by Crippen LogP contribution is -2.44. The number of anilines is 1. The Hall–Kier alpha value is -2.81. The van der Waals surface area contributed by atoms with Crippen LogP contribution in [0, 0.1) is 0 Å². The van der Waals surface area contributed by atoms with Crippen molar-refractivity contribution in [3.63, 3.8) is 0 Å². The number of hydrogen-bond donors (Lipinski definition) is 3. The van der Waals surface area contributed by atoms with E-state index in [-0.39, 0.29) is 12.5 Å². The predicted molar refractivity (Wildman–Crippen MR) is 97.6 cm³/mol. The first kappa shape index (κ1) is 18.0. The van der Waals surface area contributed by atoms with Crippen molar-refractivity contribution in [2.24, 2.45) is 7.05 Å². The molecule has 0 radical (unpaired) electrons. The maximum absolute atomic E-state index is 12.0. The van der Waals surface area contributed by atoms with Crippen molar-refractivity contribution in [3.8, 4) is 5.75 Å². The second-order valence-electron chi connectivity index (χ2n) is 5.81. The molecule has 26 heavy (non-hydrogen) atoms. The van der Waals surface area contributed by atoms with Crippen LogP contribution < -0.4 is 20.9 Å². The molecule has 1 aliphatic heterocycles. The van der Waals surface area contributed by atoms with Gasteiger partial charge in [0, 0.05) is 29.8 Å². The number of fused-ring (bicyclic) bond motifs is 1. The number of aryl methyl sites for hydroxylation is 2. The molecule has 1 aliphatic rings. The molecule has 0 fully saturated rings. The van der Waals surface area contributed by atoms with Gasteiger partial charge in [-0.3, -0.25) is 25.2 Å². The van der Waals surface area contributed by atoms with Crippen LogP contribution >= 0.6 is 15.9 Å². The molecule has 136 valence electrons. The minimum Gasteiger partial charge on any atom is -0.484 e. The zero-order valence-electron chi connectivity index (χ0n) is 14.0. The fourth-order valence-corrected chi connectivity index (χ4v) is 3.10. The number of aromatic nitrogens is 1. The van der Waals surface area contributed by atoms with Crippen LogP contribution in [0.15, 0.2) is 34.9 Å². The smallest absolute Gasteiger partial charge is 0.286 e. The summed E-state index contributed by atoms with van der Waals surface area (Å²) in [6.07, 6.45) is 2.80. The minimum absolute atomic E-state index is 0.00783. The van der Waals surface area contributed by atoms with E-state index in [0.717, 1.165) is 15.7 Å². The number of carbonyl (C=O) groups is 3. The Morgan fingerprint density at radius 1 is 1.27 bits per heavy atom. The summed E-state index contributed by atoms with van der Waals surface area (Å²) in [6, 6.07) is 6.86. The van der Waals surface area contributed by atoms with Crippen molar-refractivity contribution in [2.45, 2.75) is 12.8 Å². The van der Waals surface area contributed by atoms with E-state index in [2.05, 4.69) is 32.1 Å². The Bertz CT molecular complexity index is 878. The fraction of sp³-hybridized carbons (Fsp3) is 0.235. The number of nitrogens with zero attached hydrogens (tertiary/aromatic N) is 1. The zero-order valence-corrected chi connectivity index (χ0v) is 15.6. The van der Waals surface area contributed by atoms with Crippen LogP contribution in [-0.2, 0) is 23.1 Å². The van der Waals surface area contributed by atoms with Gasteiger partial charge in [0.2, 0.25) is 5.91 Å². The SMILES string of the molecule is Cn1cc(Br)cc1C(=O)NNC(=O)COc1ccc2c(c1)CCC(=O)N2. The first-order valence-electron chi connectivity index (χ1n) is 7.89. The van der Waals surface area contributed by atoms with Crippen LogP contribution in [0.3, 0.4) is 0 Å². The Balaban J connectivity index is 1.49. The van der Waals surface area contributed by atoms with E-state index in [0.29, 0.717) is 24.3 Å². The molecule has 3 rings (SSSR count). The van der Waals surface area contributed by atoms with Crippen LogP contribution in [0.25, 0.3) is 0 Å². The van der Waals surface area contributed by atoms with E-state index in [1.165, 1.54) is 0 Å². The van der Waals surface area contributed by atoms with Gasteiger partial charge in [0.15, 0.2) is 6.61 Å². The van der Waals surface area contributed by atoms with Crippen molar-refractivity contribution >= 4 is 39.3 Å². The van der Waals surface area contributed by atoms with Gasteiger partial charge in [0.25, 0.3) is 11.8 Å². The molecule has 2 aromatic rings. The first-order valence-corrected chi connectivity index (χ1v) is 8.68. The highest BCUT2D eigenvalue weighted by Gasteiger charge is 2.16. The largest absolute Gasteiger partial charge is 0.484 e. The average Bonchev–Trinajstić information content (AvgIpc) is 2.96. The van der Waals surface area contributed by atoms with E-state index in [9.17, 15) is 14.4 Å². The highest BCUT2D eigenvalue weighted by Crippen LogP contribution is 2.26. The molecule has 2 heterocycles. The summed E-state index contributed by atoms with van der Waals surface area (Å²) in [6.45, 7) is -0.248. The number of nitrogens with one attached hydrogen (secondary N) is 3. The lowest BCUT2D eigenvalue weighted by atomic mass is 10.0. The molecule has 1 aromatic carbocycles. The van der Waals surface area contributed by atoms with Gasteiger partial charge >= 0.3 is 0 Å². The van der Waals surface area contributed by atoms with Crippen LogP contribution in [0.2, 0.25) is 0 Å². The van der Waals surface area contributed by atoms with E-state index in [1.807, 2.05) is 0 Å². The van der Waals surface area contributed by atoms with Gasteiger partial charge < -0.3 is 14.6 Å². The van der Waals surface area contributed by atoms with Gasteiger partial charge in [-0.15, -0.1) is 0 Å². The summed E-state index contributed by atoms with van der Waals surface area (Å²) in [7, 11) is 1.73. The normalized spacial score (nSPS) is 12.8. The van der Waals surface area contributed by atoms with Gasteiger partial charge in [0.05, 0.1) is 0 Å². The number of hydrogen-bond acceptors (Lipinski definition) is 4. The predicted octanol–water partition coefficient (Wildman–Crippen LogP) is 1.51. The maximum Gasteiger partial charge on any atom is 0.286 e. The molecule has 0 unspecified atom stereocenters. The molecule has 0 saturated heterocycles. The van der Waals surface area contributed by atoms with E-state index in [4.69, 9.17) is 4.74 Å². The zero-order chi connectivity index (χ0) is 18.7. The second kappa shape index (κ2) is 7.61. The molecule has 0 atom stereocenters. The van der Waals surface area contributed by atoms with E-state index >= 15 is 0 Å². The molecule has 3 N–H and O–H groups in total. The fourth-order valence-electron chi connectivity index (χ4n) is 2.57. The third-order valence-electron chi connectivity index (χ3n) is 3.86. The Kier molecular flexibility index (Phi) is 5.27. The summed E-state index contributed by atoms with van der Waals surface area (Å²) in [5.74, 6) is -0.409. The van der Waals surface area contributed by atoms with E-state index in [1.54, 1.807) is 42.1 Å². The highest BCUT2D eigenvalue weighted by atomic mass is 79.9. The van der Waals surface area contributed by atoms with Crippen LogP contribution in [-0.4, -0.2) is 28.9 Å². The van der Waals surface area contributed by atoms with Gasteiger partial charge in [-0.1, -0.05) is 0 Å². The Labute approximate surface area is 158 Å². The topological polar surface area (TPSA) is 101 Å². The van der Waals surface area contributed by atoms with E-state index < -0.39 is 11.8 Å². The van der Waals surface area contributed by atoms with Gasteiger partial charge in [-0.2, -0.15) is 0 Å². The summed E-state index contributed by atoms with van der Waals surface area (Å²) in [5.41, 5.74) is 6.77. The Morgan fingerprint density at radius 3 is 2.81 bits per heavy atom.